The lowest BCUT2D eigenvalue weighted by molar-refractivity contribution is -0.141. The summed E-state index contributed by atoms with van der Waals surface area (Å²) in [5.41, 5.74) is -0.803. The fourth-order valence-electron chi connectivity index (χ4n) is 1.68. The summed E-state index contributed by atoms with van der Waals surface area (Å²) in [5, 5.41) is 0. The maximum atomic E-state index is 12.5. The molecule has 1 aromatic rings. The van der Waals surface area contributed by atoms with E-state index >= 15 is 0 Å². The lowest BCUT2D eigenvalue weighted by atomic mass is 10.2. The predicted octanol–water partition coefficient (Wildman–Crippen LogP) is 2.43. The van der Waals surface area contributed by atoms with Gasteiger partial charge in [-0.25, -0.2) is 4.98 Å². The Morgan fingerprint density at radius 3 is 2.62 bits per heavy atom. The van der Waals surface area contributed by atoms with Crippen LogP contribution in [-0.2, 0) is 17.3 Å². The van der Waals surface area contributed by atoms with E-state index in [0.29, 0.717) is 25.5 Å². The minimum Gasteiger partial charge on any atom is -0.377 e. The third kappa shape index (κ3) is 2.07. The van der Waals surface area contributed by atoms with Crippen molar-refractivity contribution in [1.82, 2.24) is 9.55 Å². The van der Waals surface area contributed by atoms with Crippen molar-refractivity contribution in [3.05, 3.63) is 17.7 Å². The maximum Gasteiger partial charge on any atom is 0.434 e. The van der Waals surface area contributed by atoms with E-state index in [2.05, 4.69) is 4.98 Å². The zero-order valence-electron chi connectivity index (χ0n) is 8.92. The quantitative estimate of drug-likeness (QED) is 0.803. The number of rotatable bonds is 3. The molecule has 0 saturated carbocycles. The zero-order chi connectivity index (χ0) is 11.8. The molecule has 6 heteroatoms. The van der Waals surface area contributed by atoms with Crippen molar-refractivity contribution in [1.29, 1.82) is 0 Å². The first kappa shape index (κ1) is 11.4. The summed E-state index contributed by atoms with van der Waals surface area (Å²) in [7, 11) is 0. The third-order valence-corrected chi connectivity index (χ3v) is 2.59. The summed E-state index contributed by atoms with van der Waals surface area (Å²) in [4.78, 5) is 3.66. The fourth-order valence-corrected chi connectivity index (χ4v) is 1.68. The monoisotopic (exact) mass is 234 g/mol. The molecule has 0 radical (unpaired) electrons. The molecule has 2 rings (SSSR count). The summed E-state index contributed by atoms with van der Waals surface area (Å²) in [6.45, 7) is 2.87. The predicted molar refractivity (Wildman–Crippen MR) is 51.1 cm³/mol. The summed E-state index contributed by atoms with van der Waals surface area (Å²) in [6, 6.07) is 0.0187. The van der Waals surface area contributed by atoms with E-state index in [0.717, 1.165) is 12.6 Å². The third-order valence-electron chi connectivity index (χ3n) is 2.59. The Morgan fingerprint density at radius 1 is 1.50 bits per heavy atom. The van der Waals surface area contributed by atoms with E-state index in [9.17, 15) is 13.2 Å². The van der Waals surface area contributed by atoms with Crippen LogP contribution in [0.15, 0.2) is 6.20 Å². The zero-order valence-corrected chi connectivity index (χ0v) is 8.92. The van der Waals surface area contributed by atoms with Crippen LogP contribution in [-0.4, -0.2) is 22.8 Å². The van der Waals surface area contributed by atoms with Gasteiger partial charge >= 0.3 is 6.18 Å². The average Bonchev–Trinajstić information content (AvgIpc) is 2.46. The highest BCUT2D eigenvalue weighted by molar-refractivity contribution is 5.10. The smallest absolute Gasteiger partial charge is 0.377 e. The first-order valence-corrected chi connectivity index (χ1v) is 5.25. The second kappa shape index (κ2) is 4.08. The Bertz CT molecular complexity index is 369. The molecule has 16 heavy (non-hydrogen) atoms. The highest BCUT2D eigenvalue weighted by atomic mass is 19.4. The number of aromatic nitrogens is 2. The van der Waals surface area contributed by atoms with Gasteiger partial charge in [-0.2, -0.15) is 13.2 Å². The van der Waals surface area contributed by atoms with Crippen LogP contribution in [0.5, 0.6) is 0 Å². The Hall–Kier alpha value is -1.04. The first-order chi connectivity index (χ1) is 7.52. The molecule has 2 heterocycles. The number of imidazole rings is 1. The van der Waals surface area contributed by atoms with Crippen LogP contribution in [0.1, 0.15) is 30.9 Å². The number of hydrogen-bond acceptors (Lipinski definition) is 2. The normalized spacial score (nSPS) is 17.5. The molecule has 0 spiro atoms. The lowest BCUT2D eigenvalue weighted by Gasteiger charge is -2.28. The molecule has 1 aliphatic heterocycles. The van der Waals surface area contributed by atoms with Gasteiger partial charge in [-0.05, 0) is 6.42 Å². The Morgan fingerprint density at radius 2 is 2.19 bits per heavy atom. The van der Waals surface area contributed by atoms with E-state index in [1.807, 2.05) is 6.92 Å². The van der Waals surface area contributed by atoms with Crippen LogP contribution in [0.2, 0.25) is 0 Å². The molecule has 0 N–H and O–H groups in total. The Kier molecular flexibility index (Phi) is 2.92. The number of nitrogens with zero attached hydrogens (tertiary/aromatic N) is 2. The molecule has 1 aromatic heterocycles. The van der Waals surface area contributed by atoms with Gasteiger partial charge in [0, 0.05) is 12.6 Å². The molecular weight excluding hydrogens is 221 g/mol. The number of alkyl halides is 3. The summed E-state index contributed by atoms with van der Waals surface area (Å²) >= 11 is 0. The largest absolute Gasteiger partial charge is 0.434 e. The molecule has 1 aliphatic rings. The van der Waals surface area contributed by atoms with E-state index < -0.39 is 11.9 Å². The van der Waals surface area contributed by atoms with Gasteiger partial charge in [0.15, 0.2) is 5.69 Å². The highest BCUT2D eigenvalue weighted by Gasteiger charge is 2.36. The van der Waals surface area contributed by atoms with Crippen LogP contribution in [0.3, 0.4) is 0 Å². The van der Waals surface area contributed by atoms with Crippen molar-refractivity contribution in [3.63, 3.8) is 0 Å². The number of ether oxygens (including phenoxy) is 1. The van der Waals surface area contributed by atoms with Gasteiger partial charge in [0.2, 0.25) is 0 Å². The number of hydrogen-bond donors (Lipinski definition) is 0. The molecule has 3 nitrogen and oxygen atoms in total. The van der Waals surface area contributed by atoms with E-state index in [1.165, 1.54) is 0 Å². The summed E-state index contributed by atoms with van der Waals surface area (Å²) in [6.07, 6.45) is -1.93. The molecule has 90 valence electrons. The van der Waals surface area contributed by atoms with E-state index in [1.54, 1.807) is 4.57 Å². The van der Waals surface area contributed by atoms with E-state index in [-0.39, 0.29) is 6.04 Å². The SMILES string of the molecule is CCCc1nc(C(F)(F)F)cn1C1COC1. The van der Waals surface area contributed by atoms with Gasteiger partial charge in [0.1, 0.15) is 5.82 Å². The topological polar surface area (TPSA) is 27.1 Å². The van der Waals surface area contributed by atoms with Crippen LogP contribution in [0.4, 0.5) is 13.2 Å². The highest BCUT2D eigenvalue weighted by Crippen LogP contribution is 2.30. The van der Waals surface area contributed by atoms with Gasteiger partial charge in [-0.1, -0.05) is 6.92 Å². The molecule has 1 fully saturated rings. The van der Waals surface area contributed by atoms with E-state index in [4.69, 9.17) is 4.74 Å². The van der Waals surface area contributed by atoms with Crippen LogP contribution < -0.4 is 0 Å². The van der Waals surface area contributed by atoms with Crippen molar-refractivity contribution < 1.29 is 17.9 Å². The van der Waals surface area contributed by atoms with Gasteiger partial charge in [0.25, 0.3) is 0 Å². The van der Waals surface area contributed by atoms with Crippen molar-refractivity contribution in [3.8, 4) is 0 Å². The number of aryl methyl sites for hydroxylation is 1. The van der Waals surface area contributed by atoms with Gasteiger partial charge < -0.3 is 9.30 Å². The van der Waals surface area contributed by atoms with Crippen LogP contribution in [0.25, 0.3) is 0 Å². The Balaban J connectivity index is 2.29. The van der Waals surface area contributed by atoms with Crippen molar-refractivity contribution in [2.24, 2.45) is 0 Å². The van der Waals surface area contributed by atoms with Crippen molar-refractivity contribution in [2.45, 2.75) is 32.0 Å². The Labute approximate surface area is 91.2 Å². The van der Waals surface area contributed by atoms with Gasteiger partial charge in [-0.15, -0.1) is 0 Å². The first-order valence-electron chi connectivity index (χ1n) is 5.25. The average molecular weight is 234 g/mol. The minimum atomic E-state index is -4.36. The molecule has 0 unspecified atom stereocenters. The molecule has 0 bridgehead atoms. The lowest BCUT2D eigenvalue weighted by Crippen LogP contribution is -2.31. The van der Waals surface area contributed by atoms with Crippen molar-refractivity contribution in [2.75, 3.05) is 13.2 Å². The van der Waals surface area contributed by atoms with Gasteiger partial charge in [0.05, 0.1) is 19.3 Å². The molecule has 1 saturated heterocycles. The van der Waals surface area contributed by atoms with Crippen molar-refractivity contribution >= 4 is 0 Å². The number of halogens is 3. The second-order valence-corrected chi connectivity index (χ2v) is 3.89. The van der Waals surface area contributed by atoms with Gasteiger partial charge in [-0.3, -0.25) is 0 Å². The van der Waals surface area contributed by atoms with Crippen LogP contribution in [0, 0.1) is 0 Å². The molecule has 0 aromatic carbocycles. The summed E-state index contributed by atoms with van der Waals surface area (Å²) in [5.74, 6) is 0.503. The van der Waals surface area contributed by atoms with Crippen LogP contribution >= 0.6 is 0 Å². The standard InChI is InChI=1S/C10H13F3N2O/c1-2-3-9-14-8(10(11,12)13)4-15(9)7-5-16-6-7/h4,7H,2-3,5-6H2,1H3. The molecular formula is C10H13F3N2O. The molecule has 0 atom stereocenters. The summed E-state index contributed by atoms with van der Waals surface area (Å²) < 4.78 is 44.1. The molecule has 0 amide bonds. The minimum absolute atomic E-state index is 0.0187. The second-order valence-electron chi connectivity index (χ2n) is 3.89. The maximum absolute atomic E-state index is 12.5. The fraction of sp³-hybridized carbons (Fsp3) is 0.700. The molecule has 0 aliphatic carbocycles.